The number of aromatic nitrogens is 2. The van der Waals surface area contributed by atoms with Gasteiger partial charge in [-0.05, 0) is 30.5 Å². The molecular formula is C28H27N3O2S. The van der Waals surface area contributed by atoms with E-state index in [1.54, 1.807) is 0 Å². The first kappa shape index (κ1) is 22.4. The van der Waals surface area contributed by atoms with E-state index in [0.717, 1.165) is 47.1 Å². The highest BCUT2D eigenvalue weighted by molar-refractivity contribution is 8.00. The molecule has 2 atom stereocenters. The number of hydrogen-bond acceptors (Lipinski definition) is 4. The van der Waals surface area contributed by atoms with Gasteiger partial charge in [0.2, 0.25) is 5.91 Å². The molecule has 34 heavy (non-hydrogen) atoms. The minimum atomic E-state index is -0.434. The van der Waals surface area contributed by atoms with Crippen LogP contribution in [0.2, 0.25) is 0 Å². The van der Waals surface area contributed by atoms with Gasteiger partial charge in [0.25, 0.3) is 0 Å². The molecule has 0 unspecified atom stereocenters. The monoisotopic (exact) mass is 469 g/mol. The number of rotatable bonds is 8. The summed E-state index contributed by atoms with van der Waals surface area (Å²) in [6.07, 6.45) is 4.02. The van der Waals surface area contributed by atoms with Crippen LogP contribution in [0.1, 0.15) is 23.7 Å². The lowest BCUT2D eigenvalue weighted by atomic mass is 10.1. The second-order valence-electron chi connectivity index (χ2n) is 8.25. The van der Waals surface area contributed by atoms with Gasteiger partial charge in [-0.15, -0.1) is 0 Å². The first-order valence-electron chi connectivity index (χ1n) is 11.6. The van der Waals surface area contributed by atoms with Crippen LogP contribution in [-0.2, 0) is 9.53 Å². The number of nitrogens with one attached hydrogen (secondary N) is 1. The van der Waals surface area contributed by atoms with E-state index in [-0.39, 0.29) is 12.0 Å². The Bertz CT molecular complexity index is 1210. The third-order valence-corrected chi connectivity index (χ3v) is 7.13. The fourth-order valence-corrected chi connectivity index (χ4v) is 5.29. The Balaban J connectivity index is 1.49. The van der Waals surface area contributed by atoms with Gasteiger partial charge in [0.05, 0.1) is 18.0 Å². The van der Waals surface area contributed by atoms with E-state index >= 15 is 0 Å². The molecule has 0 saturated carbocycles. The van der Waals surface area contributed by atoms with Crippen molar-refractivity contribution in [1.82, 2.24) is 14.9 Å². The largest absolute Gasteiger partial charge is 0.376 e. The van der Waals surface area contributed by atoms with Crippen molar-refractivity contribution >= 4 is 17.7 Å². The summed E-state index contributed by atoms with van der Waals surface area (Å²) in [5.74, 6) is -0.0319. The van der Waals surface area contributed by atoms with Crippen LogP contribution in [0.3, 0.4) is 0 Å². The second-order valence-corrected chi connectivity index (χ2v) is 9.32. The molecule has 1 N–H and O–H groups in total. The number of para-hydroxylation sites is 1. The van der Waals surface area contributed by atoms with Gasteiger partial charge in [-0.1, -0.05) is 90.6 Å². The molecule has 1 aromatic heterocycles. The van der Waals surface area contributed by atoms with Gasteiger partial charge in [-0.2, -0.15) is 0 Å². The minimum Gasteiger partial charge on any atom is -0.376 e. The number of amides is 1. The normalized spacial score (nSPS) is 16.3. The average molecular weight is 470 g/mol. The summed E-state index contributed by atoms with van der Waals surface area (Å²) < 4.78 is 7.83. The van der Waals surface area contributed by atoms with Crippen molar-refractivity contribution in [3.05, 3.63) is 103 Å². The lowest BCUT2D eigenvalue weighted by molar-refractivity contribution is -0.121. The van der Waals surface area contributed by atoms with Gasteiger partial charge in [0.1, 0.15) is 5.25 Å². The molecule has 1 aliphatic heterocycles. The van der Waals surface area contributed by atoms with Crippen molar-refractivity contribution in [2.45, 2.75) is 29.4 Å². The smallest absolute Gasteiger partial charge is 0.238 e. The molecule has 1 fully saturated rings. The van der Waals surface area contributed by atoms with Crippen molar-refractivity contribution in [1.29, 1.82) is 0 Å². The number of nitrogens with zero attached hydrogens (tertiary/aromatic N) is 2. The number of hydrogen-bond donors (Lipinski definition) is 1. The van der Waals surface area contributed by atoms with E-state index in [9.17, 15) is 4.79 Å². The third kappa shape index (κ3) is 5.08. The molecule has 0 spiro atoms. The lowest BCUT2D eigenvalue weighted by Crippen LogP contribution is -2.34. The number of carbonyl (C=O) groups excluding carboxylic acids is 1. The molecule has 5 nitrogen and oxygen atoms in total. The summed E-state index contributed by atoms with van der Waals surface area (Å²) in [4.78, 5) is 18.2. The number of carbonyl (C=O) groups is 1. The zero-order valence-electron chi connectivity index (χ0n) is 18.8. The Kier molecular flexibility index (Phi) is 7.08. The van der Waals surface area contributed by atoms with E-state index in [0.29, 0.717) is 6.54 Å². The maximum absolute atomic E-state index is 13.4. The summed E-state index contributed by atoms with van der Waals surface area (Å²) in [6.45, 7) is 1.30. The standard InChI is InChI=1S/C28H27N3O2S/c32-27(29-19-24-17-10-18-33-24)26(22-13-6-2-7-14-22)34-28-30-20-25(21-11-4-1-5-12-21)31(28)23-15-8-3-9-16-23/h1-9,11-16,20,24,26H,10,17-19H2,(H,29,32)/t24-,26-/m1/s1. The van der Waals surface area contributed by atoms with Crippen LogP contribution in [0.4, 0.5) is 0 Å². The Hall–Kier alpha value is -3.35. The minimum absolute atomic E-state index is 0.0319. The van der Waals surface area contributed by atoms with Gasteiger partial charge in [0, 0.05) is 24.4 Å². The van der Waals surface area contributed by atoms with Gasteiger partial charge < -0.3 is 10.1 Å². The van der Waals surface area contributed by atoms with Crippen molar-refractivity contribution in [3.63, 3.8) is 0 Å². The van der Waals surface area contributed by atoms with Crippen LogP contribution in [0.5, 0.6) is 0 Å². The highest BCUT2D eigenvalue weighted by Crippen LogP contribution is 2.38. The van der Waals surface area contributed by atoms with E-state index in [4.69, 9.17) is 9.72 Å². The molecule has 6 heteroatoms. The summed E-state index contributed by atoms with van der Waals surface area (Å²) >= 11 is 1.47. The Morgan fingerprint density at radius 3 is 2.35 bits per heavy atom. The van der Waals surface area contributed by atoms with Crippen LogP contribution < -0.4 is 5.32 Å². The number of ether oxygens (including phenoxy) is 1. The molecule has 1 amide bonds. The van der Waals surface area contributed by atoms with Crippen LogP contribution in [0.25, 0.3) is 16.9 Å². The molecule has 0 aliphatic carbocycles. The van der Waals surface area contributed by atoms with Crippen molar-refractivity contribution in [2.75, 3.05) is 13.2 Å². The molecule has 4 aromatic rings. The quantitative estimate of drug-likeness (QED) is 0.338. The van der Waals surface area contributed by atoms with E-state index in [1.807, 2.05) is 72.9 Å². The third-order valence-electron chi connectivity index (χ3n) is 5.91. The van der Waals surface area contributed by atoms with Gasteiger partial charge in [-0.3, -0.25) is 9.36 Å². The molecule has 0 bridgehead atoms. The van der Waals surface area contributed by atoms with Gasteiger partial charge >= 0.3 is 0 Å². The highest BCUT2D eigenvalue weighted by atomic mass is 32.2. The summed E-state index contributed by atoms with van der Waals surface area (Å²) in [6, 6.07) is 30.3. The van der Waals surface area contributed by atoms with Crippen molar-refractivity contribution in [2.24, 2.45) is 0 Å². The fraction of sp³-hybridized carbons (Fsp3) is 0.214. The summed E-state index contributed by atoms with van der Waals surface area (Å²) in [7, 11) is 0. The Morgan fingerprint density at radius 1 is 1.00 bits per heavy atom. The molecule has 2 heterocycles. The predicted molar refractivity (Wildman–Crippen MR) is 136 cm³/mol. The van der Waals surface area contributed by atoms with E-state index in [2.05, 4.69) is 34.1 Å². The molecule has 5 rings (SSSR count). The fourth-order valence-electron chi connectivity index (χ4n) is 4.18. The zero-order chi connectivity index (χ0) is 23.2. The molecule has 0 radical (unpaired) electrons. The Morgan fingerprint density at radius 2 is 1.68 bits per heavy atom. The SMILES string of the molecule is O=C(NC[C@H]1CCCO1)[C@H](Sc1ncc(-c2ccccc2)n1-c1ccccc1)c1ccccc1. The summed E-state index contributed by atoms with van der Waals surface area (Å²) in [5.41, 5.74) is 4.01. The second kappa shape index (κ2) is 10.7. The van der Waals surface area contributed by atoms with Crippen LogP contribution in [0, 0.1) is 0 Å². The zero-order valence-corrected chi connectivity index (χ0v) is 19.7. The number of benzene rings is 3. The topological polar surface area (TPSA) is 56.1 Å². The predicted octanol–water partition coefficient (Wildman–Crippen LogP) is 5.67. The van der Waals surface area contributed by atoms with E-state index < -0.39 is 5.25 Å². The molecule has 1 saturated heterocycles. The van der Waals surface area contributed by atoms with Gasteiger partial charge in [-0.25, -0.2) is 4.98 Å². The first-order valence-corrected chi connectivity index (χ1v) is 12.5. The lowest BCUT2D eigenvalue weighted by Gasteiger charge is -2.19. The Labute approximate surface area is 204 Å². The maximum Gasteiger partial charge on any atom is 0.238 e. The average Bonchev–Trinajstić information content (AvgIpc) is 3.57. The van der Waals surface area contributed by atoms with Crippen LogP contribution in [-0.4, -0.2) is 34.7 Å². The molecular weight excluding hydrogens is 442 g/mol. The molecule has 172 valence electrons. The van der Waals surface area contributed by atoms with Gasteiger partial charge in [0.15, 0.2) is 5.16 Å². The number of thioether (sulfide) groups is 1. The van der Waals surface area contributed by atoms with Crippen molar-refractivity contribution < 1.29 is 9.53 Å². The van der Waals surface area contributed by atoms with Crippen LogP contribution >= 0.6 is 11.8 Å². The van der Waals surface area contributed by atoms with Crippen LogP contribution in [0.15, 0.2) is 102 Å². The van der Waals surface area contributed by atoms with Crippen molar-refractivity contribution in [3.8, 4) is 16.9 Å². The summed E-state index contributed by atoms with van der Waals surface area (Å²) in [5, 5.41) is 3.45. The molecule has 1 aliphatic rings. The number of imidazole rings is 1. The molecule has 3 aromatic carbocycles. The first-order chi connectivity index (χ1) is 16.8. The maximum atomic E-state index is 13.4. The highest BCUT2D eigenvalue weighted by Gasteiger charge is 2.27. The van der Waals surface area contributed by atoms with E-state index in [1.165, 1.54) is 11.8 Å².